The first-order valence-corrected chi connectivity index (χ1v) is 6.45. The molecule has 1 N–H and O–H groups in total. The molecule has 0 aromatic carbocycles. The molecule has 92 valence electrons. The summed E-state index contributed by atoms with van der Waals surface area (Å²) in [7, 11) is 1.70. The highest BCUT2D eigenvalue weighted by Crippen LogP contribution is 2.19. The maximum atomic E-state index is 9.88. The molecule has 3 nitrogen and oxygen atoms in total. The summed E-state index contributed by atoms with van der Waals surface area (Å²) < 4.78 is 5.32. The Kier molecular flexibility index (Phi) is 4.89. The van der Waals surface area contributed by atoms with Gasteiger partial charge in [0.1, 0.15) is 0 Å². The van der Waals surface area contributed by atoms with Crippen LogP contribution in [0, 0.1) is 6.92 Å². The molecule has 1 aromatic rings. The number of aromatic nitrogens is 1. The van der Waals surface area contributed by atoms with Crippen molar-refractivity contribution in [3.63, 3.8) is 0 Å². The molecule has 1 heterocycles. The monoisotopic (exact) mass is 243 g/mol. The summed E-state index contributed by atoms with van der Waals surface area (Å²) in [6.45, 7) is 6.04. The smallest absolute Gasteiger partial charge is 0.0953 e. The minimum Gasteiger partial charge on any atom is -0.393 e. The van der Waals surface area contributed by atoms with Gasteiger partial charge in [0.05, 0.1) is 16.7 Å². The van der Waals surface area contributed by atoms with Gasteiger partial charge in [-0.25, -0.2) is 4.98 Å². The fraction of sp³-hybridized carbons (Fsp3) is 0.750. The molecular weight excluding hydrogens is 222 g/mol. The second kappa shape index (κ2) is 5.75. The van der Waals surface area contributed by atoms with E-state index >= 15 is 0 Å². The lowest BCUT2D eigenvalue weighted by Crippen LogP contribution is -2.25. The lowest BCUT2D eigenvalue weighted by molar-refractivity contribution is 0.00306. The van der Waals surface area contributed by atoms with Crippen molar-refractivity contribution < 1.29 is 9.84 Å². The summed E-state index contributed by atoms with van der Waals surface area (Å²) in [5.41, 5.74) is 0.879. The van der Waals surface area contributed by atoms with E-state index in [0.29, 0.717) is 6.42 Å². The highest BCUT2D eigenvalue weighted by atomic mass is 32.1. The number of hydrogen-bond donors (Lipinski definition) is 1. The number of thiazole rings is 1. The van der Waals surface area contributed by atoms with Crippen molar-refractivity contribution in [3.05, 3.63) is 16.1 Å². The Labute approximate surface area is 101 Å². The SMILES string of the molecule is COC(C)(C)CCC(O)Cc1nc(C)cs1. The normalized spacial score (nSPS) is 14.1. The second-order valence-electron chi connectivity index (χ2n) is 4.74. The zero-order valence-corrected chi connectivity index (χ0v) is 11.3. The number of methoxy groups -OCH3 is 1. The summed E-state index contributed by atoms with van der Waals surface area (Å²) >= 11 is 1.61. The number of aliphatic hydroxyl groups excluding tert-OH is 1. The molecule has 1 aromatic heterocycles. The second-order valence-corrected chi connectivity index (χ2v) is 5.69. The lowest BCUT2D eigenvalue weighted by Gasteiger charge is -2.23. The third kappa shape index (κ3) is 4.60. The summed E-state index contributed by atoms with van der Waals surface area (Å²) in [6.07, 6.45) is 1.94. The molecule has 0 radical (unpaired) electrons. The van der Waals surface area contributed by atoms with Crippen LogP contribution in [0.25, 0.3) is 0 Å². The third-order valence-electron chi connectivity index (χ3n) is 2.71. The first-order chi connectivity index (χ1) is 7.43. The Bertz CT molecular complexity index is 323. The van der Waals surface area contributed by atoms with Crippen molar-refractivity contribution in [2.24, 2.45) is 0 Å². The van der Waals surface area contributed by atoms with Crippen molar-refractivity contribution >= 4 is 11.3 Å². The maximum Gasteiger partial charge on any atom is 0.0953 e. The zero-order chi connectivity index (χ0) is 12.2. The van der Waals surface area contributed by atoms with Gasteiger partial charge in [0.2, 0.25) is 0 Å². The van der Waals surface area contributed by atoms with Gasteiger partial charge in [-0.05, 0) is 33.6 Å². The Morgan fingerprint density at radius 3 is 2.75 bits per heavy atom. The molecule has 1 rings (SSSR count). The Hall–Kier alpha value is -0.450. The zero-order valence-electron chi connectivity index (χ0n) is 10.5. The van der Waals surface area contributed by atoms with Crippen LogP contribution in [0.5, 0.6) is 0 Å². The van der Waals surface area contributed by atoms with Crippen LogP contribution in [-0.2, 0) is 11.2 Å². The van der Waals surface area contributed by atoms with E-state index in [4.69, 9.17) is 4.74 Å². The summed E-state index contributed by atoms with van der Waals surface area (Å²) in [5, 5.41) is 12.9. The number of nitrogens with zero attached hydrogens (tertiary/aromatic N) is 1. The number of aliphatic hydroxyl groups is 1. The van der Waals surface area contributed by atoms with Crippen LogP contribution >= 0.6 is 11.3 Å². The minimum atomic E-state index is -0.319. The van der Waals surface area contributed by atoms with Crippen LogP contribution < -0.4 is 0 Å². The topological polar surface area (TPSA) is 42.4 Å². The van der Waals surface area contributed by atoms with E-state index < -0.39 is 0 Å². The molecule has 0 spiro atoms. The van der Waals surface area contributed by atoms with Gasteiger partial charge >= 0.3 is 0 Å². The summed E-state index contributed by atoms with van der Waals surface area (Å²) in [6, 6.07) is 0. The molecule has 0 saturated heterocycles. The van der Waals surface area contributed by atoms with Crippen LogP contribution in [0.15, 0.2) is 5.38 Å². The lowest BCUT2D eigenvalue weighted by atomic mass is 9.99. The molecular formula is C12H21NO2S. The Balaban J connectivity index is 2.34. The number of hydrogen-bond acceptors (Lipinski definition) is 4. The van der Waals surface area contributed by atoms with Crippen molar-refractivity contribution in [2.45, 2.75) is 51.7 Å². The maximum absolute atomic E-state index is 9.88. The molecule has 4 heteroatoms. The largest absolute Gasteiger partial charge is 0.393 e. The van der Waals surface area contributed by atoms with Gasteiger partial charge in [0, 0.05) is 24.6 Å². The first kappa shape index (κ1) is 13.6. The molecule has 0 aliphatic carbocycles. The van der Waals surface area contributed by atoms with E-state index in [1.807, 2.05) is 26.2 Å². The van der Waals surface area contributed by atoms with E-state index in [0.717, 1.165) is 23.5 Å². The number of rotatable bonds is 6. The molecule has 16 heavy (non-hydrogen) atoms. The van der Waals surface area contributed by atoms with E-state index in [1.54, 1.807) is 18.4 Å². The quantitative estimate of drug-likeness (QED) is 0.835. The predicted molar refractivity (Wildman–Crippen MR) is 66.9 cm³/mol. The van der Waals surface area contributed by atoms with Crippen molar-refractivity contribution in [1.82, 2.24) is 4.98 Å². The average molecular weight is 243 g/mol. The van der Waals surface area contributed by atoms with E-state index in [1.165, 1.54) is 0 Å². The van der Waals surface area contributed by atoms with Crippen LogP contribution in [0.1, 0.15) is 37.4 Å². The standard InChI is InChI=1S/C12H21NO2S/c1-9-8-16-11(13-9)7-10(14)5-6-12(2,3)15-4/h8,10,14H,5-7H2,1-4H3. The molecule has 0 aliphatic heterocycles. The fourth-order valence-corrected chi connectivity index (χ4v) is 2.26. The average Bonchev–Trinajstić information content (AvgIpc) is 2.61. The molecule has 0 saturated carbocycles. The predicted octanol–water partition coefficient (Wildman–Crippen LogP) is 2.56. The Morgan fingerprint density at radius 1 is 1.56 bits per heavy atom. The molecule has 0 bridgehead atoms. The van der Waals surface area contributed by atoms with Gasteiger partial charge in [0.25, 0.3) is 0 Å². The number of ether oxygens (including phenoxy) is 1. The van der Waals surface area contributed by atoms with E-state index in [2.05, 4.69) is 4.98 Å². The van der Waals surface area contributed by atoms with Crippen LogP contribution in [0.3, 0.4) is 0 Å². The molecule has 0 aliphatic rings. The fourth-order valence-electron chi connectivity index (χ4n) is 1.42. The molecule has 0 amide bonds. The van der Waals surface area contributed by atoms with Crippen LogP contribution in [-0.4, -0.2) is 28.9 Å². The highest BCUT2D eigenvalue weighted by molar-refractivity contribution is 7.09. The van der Waals surface area contributed by atoms with Crippen molar-refractivity contribution in [3.8, 4) is 0 Å². The van der Waals surface area contributed by atoms with Crippen LogP contribution in [0.2, 0.25) is 0 Å². The van der Waals surface area contributed by atoms with Gasteiger partial charge < -0.3 is 9.84 Å². The van der Waals surface area contributed by atoms with Gasteiger partial charge in [0.15, 0.2) is 0 Å². The van der Waals surface area contributed by atoms with Gasteiger partial charge in [-0.1, -0.05) is 0 Å². The van der Waals surface area contributed by atoms with Crippen LogP contribution in [0.4, 0.5) is 0 Å². The van der Waals surface area contributed by atoms with E-state index in [-0.39, 0.29) is 11.7 Å². The molecule has 0 fully saturated rings. The highest BCUT2D eigenvalue weighted by Gasteiger charge is 2.18. The summed E-state index contributed by atoms with van der Waals surface area (Å²) in [5.74, 6) is 0. The molecule has 1 atom stereocenters. The minimum absolute atomic E-state index is 0.153. The van der Waals surface area contributed by atoms with E-state index in [9.17, 15) is 5.11 Å². The Morgan fingerprint density at radius 2 is 2.25 bits per heavy atom. The van der Waals surface area contributed by atoms with Gasteiger partial charge in [-0.15, -0.1) is 11.3 Å². The van der Waals surface area contributed by atoms with Gasteiger partial charge in [-0.2, -0.15) is 0 Å². The number of aryl methyl sites for hydroxylation is 1. The molecule has 1 unspecified atom stereocenters. The first-order valence-electron chi connectivity index (χ1n) is 5.57. The third-order valence-corrected chi connectivity index (χ3v) is 3.70. The van der Waals surface area contributed by atoms with Crippen molar-refractivity contribution in [1.29, 1.82) is 0 Å². The van der Waals surface area contributed by atoms with Crippen molar-refractivity contribution in [2.75, 3.05) is 7.11 Å². The van der Waals surface area contributed by atoms with Gasteiger partial charge in [-0.3, -0.25) is 0 Å². The summed E-state index contributed by atoms with van der Waals surface area (Å²) in [4.78, 5) is 4.34.